The number of hydrogen-bond donors (Lipinski definition) is 1. The van der Waals surface area contributed by atoms with Crippen molar-refractivity contribution in [3.8, 4) is 0 Å². The molecule has 1 heterocycles. The maximum atomic E-state index is 13.8. The van der Waals surface area contributed by atoms with E-state index in [9.17, 15) is 24.3 Å². The lowest BCUT2D eigenvalue weighted by Gasteiger charge is -2.48. The molecule has 3 aliphatic carbocycles. The molecule has 2 fully saturated rings. The molecule has 0 aromatic carbocycles. The van der Waals surface area contributed by atoms with E-state index in [4.69, 9.17) is 14.2 Å². The number of aliphatic hydroxyl groups excluding tert-OH is 1. The summed E-state index contributed by atoms with van der Waals surface area (Å²) in [7, 11) is 1.46. The number of carbonyl (C=O) groups is 4. The Morgan fingerprint density at radius 1 is 1.22 bits per heavy atom. The van der Waals surface area contributed by atoms with E-state index < -0.39 is 52.9 Å². The molecule has 37 heavy (non-hydrogen) atoms. The summed E-state index contributed by atoms with van der Waals surface area (Å²) >= 11 is 0. The van der Waals surface area contributed by atoms with Crippen molar-refractivity contribution in [2.24, 2.45) is 17.3 Å². The van der Waals surface area contributed by atoms with Gasteiger partial charge in [0.2, 0.25) is 5.78 Å². The van der Waals surface area contributed by atoms with Gasteiger partial charge >= 0.3 is 11.9 Å². The van der Waals surface area contributed by atoms with Crippen molar-refractivity contribution in [3.05, 3.63) is 59.6 Å². The summed E-state index contributed by atoms with van der Waals surface area (Å²) in [6, 6.07) is 0. The van der Waals surface area contributed by atoms with Gasteiger partial charge in [-0.15, -0.1) is 13.2 Å². The van der Waals surface area contributed by atoms with E-state index in [-0.39, 0.29) is 35.5 Å². The molecule has 0 radical (unpaired) electrons. The summed E-state index contributed by atoms with van der Waals surface area (Å²) in [5.41, 5.74) is -0.00648. The number of fused-ring (bicyclic) bond motifs is 4. The lowest BCUT2D eigenvalue weighted by Crippen LogP contribution is -2.52. The summed E-state index contributed by atoms with van der Waals surface area (Å²) in [5.74, 6) is -3.73. The number of aliphatic hydroxyl groups is 1. The average Bonchev–Trinajstić information content (AvgIpc) is 3.12. The van der Waals surface area contributed by atoms with Crippen molar-refractivity contribution < 1.29 is 38.5 Å². The fraction of sp³-hybridized carbons (Fsp3) is 0.500. The monoisotopic (exact) mass is 511 g/mol. The van der Waals surface area contributed by atoms with E-state index in [1.165, 1.54) is 20.2 Å². The van der Waals surface area contributed by atoms with Crippen LogP contribution < -0.4 is 0 Å². The number of nitrogens with zero attached hydrogens (tertiary/aromatic N) is 1. The molecule has 9 nitrogen and oxygen atoms in total. The van der Waals surface area contributed by atoms with Gasteiger partial charge in [-0.1, -0.05) is 19.1 Å². The topological polar surface area (TPSA) is 119 Å². The molecule has 5 atom stereocenters. The van der Waals surface area contributed by atoms with Crippen LogP contribution >= 0.6 is 0 Å². The number of allylic oxidation sites excluding steroid dienone is 1. The number of ether oxygens (including phenoxy) is 3. The van der Waals surface area contributed by atoms with Gasteiger partial charge in [0.1, 0.15) is 18.0 Å². The van der Waals surface area contributed by atoms with Crippen molar-refractivity contribution in [1.82, 2.24) is 4.90 Å². The van der Waals surface area contributed by atoms with Crippen LogP contribution in [0.3, 0.4) is 0 Å². The van der Waals surface area contributed by atoms with Crippen molar-refractivity contribution in [1.29, 1.82) is 0 Å². The van der Waals surface area contributed by atoms with E-state index in [1.807, 2.05) is 0 Å². The molecule has 1 N–H and O–H groups in total. The molecule has 198 valence electrons. The van der Waals surface area contributed by atoms with Crippen molar-refractivity contribution in [2.75, 3.05) is 26.8 Å². The van der Waals surface area contributed by atoms with E-state index in [1.54, 1.807) is 24.0 Å². The first-order valence-electron chi connectivity index (χ1n) is 12.4. The second-order valence-electron chi connectivity index (χ2n) is 10.1. The Balaban J connectivity index is 1.95. The van der Waals surface area contributed by atoms with Crippen LogP contribution in [0.15, 0.2) is 59.6 Å². The van der Waals surface area contributed by atoms with Crippen LogP contribution in [0, 0.1) is 17.3 Å². The predicted octanol–water partition coefficient (Wildman–Crippen LogP) is 2.74. The lowest BCUT2D eigenvalue weighted by molar-refractivity contribution is -0.155. The molecule has 1 saturated heterocycles. The van der Waals surface area contributed by atoms with Crippen molar-refractivity contribution in [3.63, 3.8) is 0 Å². The largest absolute Gasteiger partial charge is 0.504 e. The number of methoxy groups -OCH3 is 1. The first-order valence-corrected chi connectivity index (χ1v) is 12.4. The number of ketones is 2. The number of Topliss-reactive ketones (excluding diaryl/α,β-unsaturated/α-hetero) is 2. The summed E-state index contributed by atoms with van der Waals surface area (Å²) in [5, 5.41) is 11.4. The first-order chi connectivity index (χ1) is 17.6. The van der Waals surface area contributed by atoms with Crippen molar-refractivity contribution >= 4 is 23.5 Å². The van der Waals surface area contributed by atoms with Gasteiger partial charge < -0.3 is 24.2 Å². The standard InChI is InChI=1S/C28H33NO8/c1-6-10-29(11-7-2)13-16-21-24(19(14-35-5)37-27(16)34)23-18(36-15(3)30)12-28(4)17(8-9-20(28)31)22(23)26(33)25(21)32/h6-7,13,17-19,24,32H,1-2,8-12,14H2,3-5H3/b16-13-/t17-,18+,19+,24-,28-/m0/s1. The third-order valence-corrected chi connectivity index (χ3v) is 7.86. The van der Waals surface area contributed by atoms with Crippen LogP contribution in [0.25, 0.3) is 0 Å². The molecular weight excluding hydrogens is 478 g/mol. The van der Waals surface area contributed by atoms with Crippen LogP contribution in [-0.2, 0) is 33.4 Å². The molecule has 1 saturated carbocycles. The number of cyclic esters (lactones) is 1. The third kappa shape index (κ3) is 4.35. The minimum Gasteiger partial charge on any atom is -0.504 e. The molecule has 0 aromatic heterocycles. The fourth-order valence-electron chi connectivity index (χ4n) is 6.35. The second-order valence-corrected chi connectivity index (χ2v) is 10.1. The Kier molecular flexibility index (Phi) is 7.28. The van der Waals surface area contributed by atoms with Crippen LogP contribution in [0.5, 0.6) is 0 Å². The number of rotatable bonds is 8. The highest BCUT2D eigenvalue weighted by molar-refractivity contribution is 6.13. The molecule has 4 aliphatic rings. The van der Waals surface area contributed by atoms with Gasteiger partial charge in [-0.25, -0.2) is 4.79 Å². The number of esters is 2. The maximum absolute atomic E-state index is 13.8. The van der Waals surface area contributed by atoms with Crippen LogP contribution in [-0.4, -0.2) is 72.5 Å². The second kappa shape index (κ2) is 10.1. The summed E-state index contributed by atoms with van der Waals surface area (Å²) in [6.45, 7) is 11.3. The highest BCUT2D eigenvalue weighted by Gasteiger charge is 2.60. The van der Waals surface area contributed by atoms with Crippen molar-refractivity contribution in [2.45, 2.75) is 45.3 Å². The van der Waals surface area contributed by atoms with Gasteiger partial charge in [0.25, 0.3) is 0 Å². The van der Waals surface area contributed by atoms with Crippen LogP contribution in [0.4, 0.5) is 0 Å². The quantitative estimate of drug-likeness (QED) is 0.298. The highest BCUT2D eigenvalue weighted by Crippen LogP contribution is 2.58. The van der Waals surface area contributed by atoms with Gasteiger partial charge in [-0.3, -0.25) is 14.4 Å². The zero-order valence-electron chi connectivity index (χ0n) is 21.5. The zero-order valence-corrected chi connectivity index (χ0v) is 21.5. The van der Waals surface area contributed by atoms with Gasteiger partial charge in [0, 0.05) is 68.6 Å². The molecule has 0 bridgehead atoms. The smallest absolute Gasteiger partial charge is 0.340 e. The van der Waals surface area contributed by atoms with E-state index in [0.29, 0.717) is 31.5 Å². The van der Waals surface area contributed by atoms with E-state index in [0.717, 1.165) is 0 Å². The Bertz CT molecular complexity index is 1150. The van der Waals surface area contributed by atoms with Crippen LogP contribution in [0.1, 0.15) is 33.1 Å². The van der Waals surface area contributed by atoms with E-state index >= 15 is 0 Å². The molecule has 0 spiro atoms. The minimum absolute atomic E-state index is 0.00291. The highest BCUT2D eigenvalue weighted by atomic mass is 16.6. The maximum Gasteiger partial charge on any atom is 0.340 e. The molecule has 0 unspecified atom stereocenters. The SMILES string of the molecule is C=CCN(/C=C1\C(=O)O[C@H](COC)[C@H]2C1=C(O)C(=O)C1=C2[C@H](OC(C)=O)C[C@]2(C)C(=O)CC[C@@H]12)CC=C. The molecule has 0 aromatic rings. The Morgan fingerprint density at radius 3 is 2.49 bits per heavy atom. The molecular formula is C28H33NO8. The number of carbonyl (C=O) groups excluding carboxylic acids is 4. The number of hydrogen-bond acceptors (Lipinski definition) is 9. The zero-order chi connectivity index (χ0) is 27.1. The average molecular weight is 512 g/mol. The summed E-state index contributed by atoms with van der Waals surface area (Å²) in [6.07, 6.45) is 4.00. The Morgan fingerprint density at radius 2 is 1.89 bits per heavy atom. The van der Waals surface area contributed by atoms with Crippen LogP contribution in [0.2, 0.25) is 0 Å². The molecule has 4 rings (SSSR count). The Hall–Kier alpha value is -3.46. The van der Waals surface area contributed by atoms with Gasteiger partial charge in [-0.05, 0) is 12.0 Å². The summed E-state index contributed by atoms with van der Waals surface area (Å²) < 4.78 is 16.9. The normalized spacial score (nSPS) is 32.0. The summed E-state index contributed by atoms with van der Waals surface area (Å²) in [4.78, 5) is 53.9. The fourth-order valence-corrected chi connectivity index (χ4v) is 6.35. The Labute approximate surface area is 216 Å². The minimum atomic E-state index is -0.905. The first kappa shape index (κ1) is 26.6. The van der Waals surface area contributed by atoms with Gasteiger partial charge in [-0.2, -0.15) is 0 Å². The third-order valence-electron chi connectivity index (χ3n) is 7.86. The molecule has 1 aliphatic heterocycles. The predicted molar refractivity (Wildman–Crippen MR) is 133 cm³/mol. The molecule has 0 amide bonds. The van der Waals surface area contributed by atoms with Gasteiger partial charge in [0.15, 0.2) is 5.76 Å². The van der Waals surface area contributed by atoms with Gasteiger partial charge in [0.05, 0.1) is 18.1 Å². The molecule has 9 heteroatoms. The lowest BCUT2D eigenvalue weighted by atomic mass is 9.58. The van der Waals surface area contributed by atoms with E-state index in [2.05, 4.69) is 13.2 Å².